The minimum Gasteiger partial charge on any atom is -0.354 e. The molecule has 1 aromatic rings. The molecule has 1 N–H and O–H groups in total. The van der Waals surface area contributed by atoms with E-state index in [4.69, 9.17) is 0 Å². The minimum atomic E-state index is -0.165. The van der Waals surface area contributed by atoms with E-state index in [1.165, 1.54) is 11.8 Å². The summed E-state index contributed by atoms with van der Waals surface area (Å²) in [6.07, 6.45) is 0.672. The standard InChI is InChI=1S/C14H21N3O2S/c1-5-11-9(4)16-14-17(13(11)19)6-10(7-20-14)12(18)15-8(2)3/h8,10H,5-7H2,1-4H3,(H,15,18). The third-order valence-corrected chi connectivity index (χ3v) is 4.55. The van der Waals surface area contributed by atoms with Crippen LogP contribution in [0.25, 0.3) is 0 Å². The zero-order valence-electron chi connectivity index (χ0n) is 12.4. The molecule has 2 heterocycles. The molecule has 5 nitrogen and oxygen atoms in total. The van der Waals surface area contributed by atoms with E-state index in [0.29, 0.717) is 18.7 Å². The van der Waals surface area contributed by atoms with Gasteiger partial charge in [0.25, 0.3) is 5.56 Å². The number of hydrogen-bond acceptors (Lipinski definition) is 4. The predicted molar refractivity (Wildman–Crippen MR) is 80.1 cm³/mol. The largest absolute Gasteiger partial charge is 0.354 e. The Labute approximate surface area is 123 Å². The van der Waals surface area contributed by atoms with Gasteiger partial charge < -0.3 is 5.32 Å². The third-order valence-electron chi connectivity index (χ3n) is 3.41. The van der Waals surface area contributed by atoms with Crippen LogP contribution in [0.15, 0.2) is 9.95 Å². The number of thioether (sulfide) groups is 1. The number of nitrogens with one attached hydrogen (secondary N) is 1. The first-order chi connectivity index (χ1) is 9.43. The van der Waals surface area contributed by atoms with Gasteiger partial charge in [-0.25, -0.2) is 4.98 Å². The molecule has 0 bridgehead atoms. The Morgan fingerprint density at radius 1 is 1.55 bits per heavy atom. The molecule has 0 saturated carbocycles. The number of aromatic nitrogens is 2. The third kappa shape index (κ3) is 2.90. The highest BCUT2D eigenvalue weighted by atomic mass is 32.2. The van der Waals surface area contributed by atoms with Gasteiger partial charge in [-0.1, -0.05) is 18.7 Å². The van der Waals surface area contributed by atoms with Gasteiger partial charge in [0.15, 0.2) is 5.16 Å². The van der Waals surface area contributed by atoms with E-state index in [2.05, 4.69) is 10.3 Å². The number of nitrogens with zero attached hydrogens (tertiary/aromatic N) is 2. The van der Waals surface area contributed by atoms with Crippen LogP contribution in [0.2, 0.25) is 0 Å². The Morgan fingerprint density at radius 2 is 2.25 bits per heavy atom. The second-order valence-corrected chi connectivity index (χ2v) is 6.39. The lowest BCUT2D eigenvalue weighted by Crippen LogP contribution is -2.42. The summed E-state index contributed by atoms with van der Waals surface area (Å²) in [5.41, 5.74) is 1.56. The van der Waals surface area contributed by atoms with Crippen molar-refractivity contribution in [2.75, 3.05) is 5.75 Å². The second-order valence-electron chi connectivity index (χ2n) is 5.40. The smallest absolute Gasteiger partial charge is 0.257 e. The van der Waals surface area contributed by atoms with Crippen molar-refractivity contribution in [1.82, 2.24) is 14.9 Å². The highest BCUT2D eigenvalue weighted by Gasteiger charge is 2.28. The van der Waals surface area contributed by atoms with Gasteiger partial charge in [-0.3, -0.25) is 14.2 Å². The van der Waals surface area contributed by atoms with Gasteiger partial charge in [-0.2, -0.15) is 0 Å². The molecule has 1 amide bonds. The van der Waals surface area contributed by atoms with Gasteiger partial charge in [-0.05, 0) is 27.2 Å². The maximum atomic E-state index is 12.4. The summed E-state index contributed by atoms with van der Waals surface area (Å²) in [5.74, 6) is 0.529. The predicted octanol–water partition coefficient (Wildman–Crippen LogP) is 1.36. The Balaban J connectivity index is 2.30. The monoisotopic (exact) mass is 295 g/mol. The molecule has 0 fully saturated rings. The van der Waals surface area contributed by atoms with Crippen LogP contribution in [-0.2, 0) is 17.8 Å². The average molecular weight is 295 g/mol. The highest BCUT2D eigenvalue weighted by molar-refractivity contribution is 7.99. The molecule has 1 atom stereocenters. The lowest BCUT2D eigenvalue weighted by molar-refractivity contribution is -0.125. The number of fused-ring (bicyclic) bond motifs is 1. The number of amides is 1. The van der Waals surface area contributed by atoms with Crippen molar-refractivity contribution in [2.24, 2.45) is 5.92 Å². The normalized spacial score (nSPS) is 17.9. The molecule has 0 radical (unpaired) electrons. The van der Waals surface area contributed by atoms with Crippen LogP contribution in [0.3, 0.4) is 0 Å². The Bertz CT molecular complexity index is 581. The van der Waals surface area contributed by atoms with Crippen LogP contribution in [0, 0.1) is 12.8 Å². The Hall–Kier alpha value is -1.30. The summed E-state index contributed by atoms with van der Waals surface area (Å²) in [7, 11) is 0. The molecule has 110 valence electrons. The quantitative estimate of drug-likeness (QED) is 0.855. The topological polar surface area (TPSA) is 64.0 Å². The van der Waals surface area contributed by atoms with Crippen LogP contribution in [-0.4, -0.2) is 27.3 Å². The van der Waals surface area contributed by atoms with Gasteiger partial charge in [0.05, 0.1) is 5.92 Å². The van der Waals surface area contributed by atoms with Crippen LogP contribution < -0.4 is 10.9 Å². The molecule has 1 unspecified atom stereocenters. The van der Waals surface area contributed by atoms with Crippen LogP contribution in [0.4, 0.5) is 0 Å². The average Bonchev–Trinajstić information content (AvgIpc) is 2.38. The Kier molecular flexibility index (Phi) is 4.52. The number of carbonyl (C=O) groups excluding carboxylic acids is 1. The maximum Gasteiger partial charge on any atom is 0.257 e. The molecular weight excluding hydrogens is 274 g/mol. The number of carbonyl (C=O) groups is 1. The highest BCUT2D eigenvalue weighted by Crippen LogP contribution is 2.26. The first-order valence-electron chi connectivity index (χ1n) is 6.97. The van der Waals surface area contributed by atoms with E-state index in [0.717, 1.165) is 16.4 Å². The van der Waals surface area contributed by atoms with E-state index in [-0.39, 0.29) is 23.4 Å². The molecule has 1 aromatic heterocycles. The van der Waals surface area contributed by atoms with Crippen molar-refractivity contribution in [3.05, 3.63) is 21.6 Å². The molecule has 1 aliphatic rings. The lowest BCUT2D eigenvalue weighted by Gasteiger charge is -2.25. The number of aryl methyl sites for hydroxylation is 1. The number of rotatable bonds is 3. The fraction of sp³-hybridized carbons (Fsp3) is 0.643. The van der Waals surface area contributed by atoms with E-state index >= 15 is 0 Å². The van der Waals surface area contributed by atoms with Crippen molar-refractivity contribution < 1.29 is 4.79 Å². The lowest BCUT2D eigenvalue weighted by atomic mass is 10.1. The molecule has 6 heteroatoms. The van der Waals surface area contributed by atoms with Crippen molar-refractivity contribution in [2.45, 2.75) is 51.9 Å². The number of hydrogen-bond donors (Lipinski definition) is 1. The van der Waals surface area contributed by atoms with Crippen molar-refractivity contribution in [3.63, 3.8) is 0 Å². The first kappa shape index (κ1) is 15.1. The van der Waals surface area contributed by atoms with E-state index in [1.54, 1.807) is 4.57 Å². The van der Waals surface area contributed by atoms with Crippen LogP contribution in [0.1, 0.15) is 32.0 Å². The van der Waals surface area contributed by atoms with Gasteiger partial charge in [0.1, 0.15) is 0 Å². The molecule has 0 aromatic carbocycles. The van der Waals surface area contributed by atoms with E-state index < -0.39 is 0 Å². The zero-order chi connectivity index (χ0) is 14.9. The summed E-state index contributed by atoms with van der Waals surface area (Å²) in [4.78, 5) is 29.0. The molecular formula is C14H21N3O2S. The van der Waals surface area contributed by atoms with Crippen LogP contribution in [0.5, 0.6) is 0 Å². The maximum absolute atomic E-state index is 12.4. The molecule has 20 heavy (non-hydrogen) atoms. The van der Waals surface area contributed by atoms with E-state index in [1.807, 2.05) is 27.7 Å². The van der Waals surface area contributed by atoms with E-state index in [9.17, 15) is 9.59 Å². The van der Waals surface area contributed by atoms with Gasteiger partial charge in [0.2, 0.25) is 5.91 Å². The summed E-state index contributed by atoms with van der Waals surface area (Å²) in [6, 6.07) is 0.118. The van der Waals surface area contributed by atoms with Gasteiger partial charge in [0, 0.05) is 29.6 Å². The van der Waals surface area contributed by atoms with Crippen LogP contribution >= 0.6 is 11.8 Å². The summed E-state index contributed by atoms with van der Waals surface area (Å²) < 4.78 is 1.66. The molecule has 0 saturated heterocycles. The summed E-state index contributed by atoms with van der Waals surface area (Å²) >= 11 is 1.49. The first-order valence-corrected chi connectivity index (χ1v) is 7.96. The Morgan fingerprint density at radius 3 is 2.85 bits per heavy atom. The SMILES string of the molecule is CCc1c(C)nc2n(c1=O)CC(C(=O)NC(C)C)CS2. The second kappa shape index (κ2) is 5.99. The fourth-order valence-electron chi connectivity index (χ4n) is 2.36. The minimum absolute atomic E-state index is 0.00421. The molecule has 0 aliphatic carbocycles. The zero-order valence-corrected chi connectivity index (χ0v) is 13.2. The van der Waals surface area contributed by atoms with Crippen molar-refractivity contribution in [3.8, 4) is 0 Å². The van der Waals surface area contributed by atoms with Gasteiger partial charge >= 0.3 is 0 Å². The molecule has 1 aliphatic heterocycles. The van der Waals surface area contributed by atoms with Crippen molar-refractivity contribution >= 4 is 17.7 Å². The molecule has 0 spiro atoms. The fourth-order valence-corrected chi connectivity index (χ4v) is 3.49. The van der Waals surface area contributed by atoms with Gasteiger partial charge in [-0.15, -0.1) is 0 Å². The molecule has 2 rings (SSSR count). The van der Waals surface area contributed by atoms with Crippen molar-refractivity contribution in [1.29, 1.82) is 0 Å². The summed E-state index contributed by atoms with van der Waals surface area (Å²) in [5, 5.41) is 3.65. The summed E-state index contributed by atoms with van der Waals surface area (Å²) in [6.45, 7) is 8.14.